The van der Waals surface area contributed by atoms with Crippen LogP contribution in [0, 0.1) is 0 Å². The Morgan fingerprint density at radius 1 is 0.758 bits per heavy atom. The van der Waals surface area contributed by atoms with Gasteiger partial charge in [-0.3, -0.25) is 4.79 Å². The van der Waals surface area contributed by atoms with Crippen molar-refractivity contribution in [2.24, 2.45) is 0 Å². The van der Waals surface area contributed by atoms with Crippen LogP contribution in [-0.4, -0.2) is 41.5 Å². The third-order valence-electron chi connectivity index (χ3n) is 5.42. The van der Waals surface area contributed by atoms with Crippen LogP contribution < -0.4 is 24.4 Å². The van der Waals surface area contributed by atoms with Gasteiger partial charge in [-0.1, -0.05) is 12.1 Å². The van der Waals surface area contributed by atoms with E-state index in [0.29, 0.717) is 45.1 Å². The Kier molecular flexibility index (Phi) is 5.83. The predicted molar refractivity (Wildman–Crippen MR) is 123 cm³/mol. The SMILES string of the molecule is COC(=O)c1ccc(-c2c(OC)cc(OC)c3c(=O)c4ccc(OC)c(OC)c4oc23)cc1. The molecule has 0 unspecified atom stereocenters. The topological polar surface area (TPSA) is 93.4 Å². The van der Waals surface area contributed by atoms with Crippen LogP contribution in [0.5, 0.6) is 23.0 Å². The van der Waals surface area contributed by atoms with Gasteiger partial charge in [-0.15, -0.1) is 0 Å². The summed E-state index contributed by atoms with van der Waals surface area (Å²) in [4.78, 5) is 25.4. The van der Waals surface area contributed by atoms with E-state index in [-0.39, 0.29) is 22.0 Å². The van der Waals surface area contributed by atoms with Gasteiger partial charge in [0, 0.05) is 6.07 Å². The van der Waals surface area contributed by atoms with Crippen LogP contribution in [0.1, 0.15) is 10.4 Å². The van der Waals surface area contributed by atoms with Gasteiger partial charge in [-0.2, -0.15) is 0 Å². The number of fused-ring (bicyclic) bond motifs is 2. The molecule has 0 aliphatic carbocycles. The first-order chi connectivity index (χ1) is 16.0. The van der Waals surface area contributed by atoms with Gasteiger partial charge in [0.25, 0.3) is 0 Å². The molecule has 3 aromatic carbocycles. The monoisotopic (exact) mass is 450 g/mol. The van der Waals surface area contributed by atoms with E-state index in [4.69, 9.17) is 28.1 Å². The molecule has 8 nitrogen and oxygen atoms in total. The van der Waals surface area contributed by atoms with E-state index in [0.717, 1.165) is 0 Å². The summed E-state index contributed by atoms with van der Waals surface area (Å²) in [6.07, 6.45) is 0. The Hall–Kier alpha value is -4.20. The first kappa shape index (κ1) is 22.0. The number of rotatable bonds is 6. The average Bonchev–Trinajstić information content (AvgIpc) is 2.86. The van der Waals surface area contributed by atoms with Gasteiger partial charge in [0.05, 0.1) is 52.1 Å². The van der Waals surface area contributed by atoms with E-state index in [9.17, 15) is 9.59 Å². The standard InChI is InChI=1S/C25H22O8/c1-28-16-11-10-15-21(26)20-18(30-3)12-17(29-2)19(24(20)33-22(15)23(16)31-4)13-6-8-14(9-7-13)25(27)32-5/h6-12H,1-5H3. The van der Waals surface area contributed by atoms with E-state index in [1.165, 1.54) is 35.5 Å². The van der Waals surface area contributed by atoms with Gasteiger partial charge in [0.2, 0.25) is 11.2 Å². The molecule has 4 aromatic rings. The fourth-order valence-corrected chi connectivity index (χ4v) is 3.83. The van der Waals surface area contributed by atoms with Crippen LogP contribution >= 0.6 is 0 Å². The molecule has 1 heterocycles. The quantitative estimate of drug-likeness (QED) is 0.315. The lowest BCUT2D eigenvalue weighted by Crippen LogP contribution is -2.07. The molecule has 0 atom stereocenters. The molecular weight excluding hydrogens is 428 g/mol. The molecule has 0 amide bonds. The second-order valence-corrected chi connectivity index (χ2v) is 7.04. The lowest BCUT2D eigenvalue weighted by molar-refractivity contribution is 0.0600. The molecule has 0 spiro atoms. The van der Waals surface area contributed by atoms with E-state index in [1.807, 2.05) is 0 Å². The zero-order valence-corrected chi connectivity index (χ0v) is 18.8. The summed E-state index contributed by atoms with van der Waals surface area (Å²) < 4.78 is 33.1. The van der Waals surface area contributed by atoms with Crippen LogP contribution in [0.4, 0.5) is 0 Å². The largest absolute Gasteiger partial charge is 0.496 e. The lowest BCUT2D eigenvalue weighted by atomic mass is 9.98. The molecule has 0 N–H and O–H groups in total. The summed E-state index contributed by atoms with van der Waals surface area (Å²) in [5.41, 5.74) is 1.76. The predicted octanol–water partition coefficient (Wildman–Crippen LogP) is 4.43. The third kappa shape index (κ3) is 3.49. The second kappa shape index (κ2) is 8.74. The number of carbonyl (C=O) groups excluding carboxylic acids is 1. The highest BCUT2D eigenvalue weighted by Crippen LogP contribution is 2.44. The number of hydrogen-bond donors (Lipinski definition) is 0. The van der Waals surface area contributed by atoms with Crippen LogP contribution in [0.25, 0.3) is 33.1 Å². The van der Waals surface area contributed by atoms with Crippen LogP contribution in [0.2, 0.25) is 0 Å². The van der Waals surface area contributed by atoms with Crippen molar-refractivity contribution in [3.8, 4) is 34.1 Å². The van der Waals surface area contributed by atoms with E-state index in [1.54, 1.807) is 42.5 Å². The fraction of sp³-hybridized carbons (Fsp3) is 0.200. The molecular formula is C25H22O8. The molecule has 0 aliphatic rings. The smallest absolute Gasteiger partial charge is 0.337 e. The summed E-state index contributed by atoms with van der Waals surface area (Å²) in [5.74, 6) is 0.994. The molecule has 8 heteroatoms. The summed E-state index contributed by atoms with van der Waals surface area (Å²) in [5, 5.41) is 0.570. The number of benzene rings is 3. The Labute approximate surface area is 189 Å². The highest BCUT2D eigenvalue weighted by molar-refractivity contribution is 6.04. The van der Waals surface area contributed by atoms with Crippen molar-refractivity contribution in [2.45, 2.75) is 0 Å². The normalized spacial score (nSPS) is 10.8. The lowest BCUT2D eigenvalue weighted by Gasteiger charge is -2.16. The van der Waals surface area contributed by atoms with Crippen molar-refractivity contribution in [1.82, 2.24) is 0 Å². The molecule has 4 rings (SSSR count). The van der Waals surface area contributed by atoms with Crippen molar-refractivity contribution in [1.29, 1.82) is 0 Å². The number of esters is 1. The highest BCUT2D eigenvalue weighted by Gasteiger charge is 2.24. The van der Waals surface area contributed by atoms with Gasteiger partial charge in [0.1, 0.15) is 16.9 Å². The van der Waals surface area contributed by atoms with Crippen LogP contribution in [0.15, 0.2) is 51.7 Å². The minimum atomic E-state index is -0.456. The summed E-state index contributed by atoms with van der Waals surface area (Å²) >= 11 is 0. The average molecular weight is 450 g/mol. The summed E-state index contributed by atoms with van der Waals surface area (Å²) in [6, 6.07) is 11.6. The van der Waals surface area contributed by atoms with Crippen molar-refractivity contribution in [3.05, 3.63) is 58.3 Å². The summed E-state index contributed by atoms with van der Waals surface area (Å²) in [6.45, 7) is 0. The number of ether oxygens (including phenoxy) is 5. The molecule has 33 heavy (non-hydrogen) atoms. The number of methoxy groups -OCH3 is 5. The number of hydrogen-bond acceptors (Lipinski definition) is 8. The Bertz CT molecular complexity index is 1420. The van der Waals surface area contributed by atoms with Gasteiger partial charge in [-0.05, 0) is 29.8 Å². The van der Waals surface area contributed by atoms with Crippen molar-refractivity contribution in [2.75, 3.05) is 35.5 Å². The molecule has 0 saturated carbocycles. The molecule has 0 saturated heterocycles. The van der Waals surface area contributed by atoms with E-state index < -0.39 is 5.97 Å². The van der Waals surface area contributed by atoms with Gasteiger partial charge < -0.3 is 28.1 Å². The molecule has 1 aromatic heterocycles. The van der Waals surface area contributed by atoms with E-state index >= 15 is 0 Å². The Morgan fingerprint density at radius 2 is 1.42 bits per heavy atom. The van der Waals surface area contributed by atoms with Crippen LogP contribution in [-0.2, 0) is 4.74 Å². The first-order valence-electron chi connectivity index (χ1n) is 9.94. The molecule has 0 radical (unpaired) electrons. The zero-order valence-electron chi connectivity index (χ0n) is 18.8. The molecule has 0 aliphatic heterocycles. The van der Waals surface area contributed by atoms with Crippen molar-refractivity contribution < 1.29 is 32.9 Å². The van der Waals surface area contributed by atoms with Gasteiger partial charge >= 0.3 is 5.97 Å². The van der Waals surface area contributed by atoms with Crippen molar-refractivity contribution in [3.63, 3.8) is 0 Å². The van der Waals surface area contributed by atoms with Gasteiger partial charge in [-0.25, -0.2) is 4.79 Å². The maximum atomic E-state index is 13.6. The fourth-order valence-electron chi connectivity index (χ4n) is 3.83. The maximum Gasteiger partial charge on any atom is 0.337 e. The third-order valence-corrected chi connectivity index (χ3v) is 5.42. The minimum Gasteiger partial charge on any atom is -0.496 e. The Morgan fingerprint density at radius 3 is 2.00 bits per heavy atom. The Balaban J connectivity index is 2.15. The first-order valence-corrected chi connectivity index (χ1v) is 9.94. The second-order valence-electron chi connectivity index (χ2n) is 7.04. The zero-order chi connectivity index (χ0) is 23.7. The number of carbonyl (C=O) groups is 1. The highest BCUT2D eigenvalue weighted by atomic mass is 16.5. The minimum absolute atomic E-state index is 0.233. The van der Waals surface area contributed by atoms with Gasteiger partial charge in [0.15, 0.2) is 16.9 Å². The van der Waals surface area contributed by atoms with Crippen LogP contribution in [0.3, 0.4) is 0 Å². The van der Waals surface area contributed by atoms with E-state index in [2.05, 4.69) is 0 Å². The molecule has 170 valence electrons. The van der Waals surface area contributed by atoms with Crippen molar-refractivity contribution >= 4 is 27.9 Å². The maximum absolute atomic E-state index is 13.6. The molecule has 0 bridgehead atoms. The molecule has 0 fully saturated rings. The summed E-state index contributed by atoms with van der Waals surface area (Å²) in [7, 11) is 7.27.